The molecule has 0 bridgehead atoms. The monoisotopic (exact) mass is 438 g/mol. The highest BCUT2D eigenvalue weighted by molar-refractivity contribution is 6.21. The van der Waals surface area contributed by atoms with Crippen LogP contribution in [0.3, 0.4) is 0 Å². The van der Waals surface area contributed by atoms with E-state index < -0.39 is 11.5 Å². The van der Waals surface area contributed by atoms with Gasteiger partial charge in [-0.05, 0) is 38.5 Å². The molecular weight excluding hydrogens is 412 g/mol. The van der Waals surface area contributed by atoms with Gasteiger partial charge in [-0.15, -0.1) is 0 Å². The van der Waals surface area contributed by atoms with Crippen molar-refractivity contribution in [2.24, 2.45) is 7.05 Å². The first-order valence-electron chi connectivity index (χ1n) is 10.5. The molecule has 1 N–H and O–H groups in total. The average Bonchev–Trinajstić information content (AvgIpc) is 3.02. The maximum atomic E-state index is 12.6. The van der Waals surface area contributed by atoms with Crippen molar-refractivity contribution >= 4 is 29.3 Å². The summed E-state index contributed by atoms with van der Waals surface area (Å²) >= 11 is 0. The molecule has 0 atom stereocenters. The fourth-order valence-electron chi connectivity index (χ4n) is 3.66. The maximum Gasteiger partial charge on any atom is 0.274 e. The van der Waals surface area contributed by atoms with Gasteiger partial charge in [-0.25, -0.2) is 0 Å². The van der Waals surface area contributed by atoms with Crippen molar-refractivity contribution in [1.82, 2.24) is 14.4 Å². The predicted octanol–water partition coefficient (Wildman–Crippen LogP) is 1.88. The minimum atomic E-state index is -0.439. The number of aromatic nitrogens is 1. The quantitative estimate of drug-likeness (QED) is 0.633. The van der Waals surface area contributed by atoms with Crippen LogP contribution in [0.2, 0.25) is 0 Å². The van der Waals surface area contributed by atoms with Crippen LogP contribution < -0.4 is 10.9 Å². The van der Waals surface area contributed by atoms with Crippen LogP contribution in [0.15, 0.2) is 41.3 Å². The lowest BCUT2D eigenvalue weighted by Gasteiger charge is -2.19. The lowest BCUT2D eigenvalue weighted by atomic mass is 10.1. The molecule has 168 valence electrons. The van der Waals surface area contributed by atoms with Crippen LogP contribution in [0.25, 0.3) is 0 Å². The van der Waals surface area contributed by atoms with Gasteiger partial charge in [-0.3, -0.25) is 28.9 Å². The summed E-state index contributed by atoms with van der Waals surface area (Å²) in [6.45, 7) is 4.87. The number of amides is 4. The summed E-state index contributed by atoms with van der Waals surface area (Å²) in [7, 11) is 1.51. The van der Waals surface area contributed by atoms with E-state index >= 15 is 0 Å². The minimum absolute atomic E-state index is 0.00474. The number of pyridine rings is 1. The van der Waals surface area contributed by atoms with Crippen LogP contribution >= 0.6 is 0 Å². The Balaban J connectivity index is 1.63. The zero-order chi connectivity index (χ0) is 23.4. The number of benzene rings is 1. The number of fused-ring (bicyclic) bond motifs is 1. The molecule has 1 aliphatic heterocycles. The number of hydrogen-bond donors (Lipinski definition) is 1. The first kappa shape index (κ1) is 22.9. The summed E-state index contributed by atoms with van der Waals surface area (Å²) < 4.78 is 1.26. The van der Waals surface area contributed by atoms with E-state index in [-0.39, 0.29) is 42.8 Å². The van der Waals surface area contributed by atoms with Gasteiger partial charge in [0.05, 0.1) is 16.7 Å². The average molecular weight is 438 g/mol. The van der Waals surface area contributed by atoms with Crippen LogP contribution in [0.5, 0.6) is 0 Å². The highest BCUT2D eigenvalue weighted by atomic mass is 16.2. The lowest BCUT2D eigenvalue weighted by Crippen LogP contribution is -2.33. The molecule has 0 radical (unpaired) electrons. The molecule has 9 heteroatoms. The van der Waals surface area contributed by atoms with E-state index in [1.165, 1.54) is 23.9 Å². The maximum absolute atomic E-state index is 12.6. The van der Waals surface area contributed by atoms with E-state index in [4.69, 9.17) is 0 Å². The van der Waals surface area contributed by atoms with Crippen LogP contribution in [-0.2, 0) is 11.8 Å². The molecule has 3 rings (SSSR count). The van der Waals surface area contributed by atoms with E-state index in [1.807, 2.05) is 13.8 Å². The Morgan fingerprint density at radius 1 is 1.00 bits per heavy atom. The van der Waals surface area contributed by atoms with E-state index in [1.54, 1.807) is 29.2 Å². The van der Waals surface area contributed by atoms with E-state index in [9.17, 15) is 24.0 Å². The van der Waals surface area contributed by atoms with Crippen LogP contribution in [-0.4, -0.2) is 57.6 Å². The van der Waals surface area contributed by atoms with Crippen molar-refractivity contribution in [3.05, 3.63) is 63.6 Å². The molecular formula is C23H26N4O5. The summed E-state index contributed by atoms with van der Waals surface area (Å²) in [6, 6.07) is 7.97. The van der Waals surface area contributed by atoms with Crippen molar-refractivity contribution in [2.75, 3.05) is 25.0 Å². The molecule has 0 unspecified atom stereocenters. The molecule has 1 aromatic heterocycles. The number of nitrogens with zero attached hydrogens (tertiary/aromatic N) is 3. The topological polar surface area (TPSA) is 109 Å². The number of hydrogen-bond acceptors (Lipinski definition) is 5. The third-order valence-corrected chi connectivity index (χ3v) is 5.42. The molecule has 0 fully saturated rings. The van der Waals surface area contributed by atoms with Crippen molar-refractivity contribution in [3.8, 4) is 0 Å². The first-order valence-corrected chi connectivity index (χ1v) is 10.5. The molecule has 1 aliphatic rings. The third-order valence-electron chi connectivity index (χ3n) is 5.42. The van der Waals surface area contributed by atoms with Gasteiger partial charge < -0.3 is 14.8 Å². The van der Waals surface area contributed by atoms with Crippen LogP contribution in [0.1, 0.15) is 57.8 Å². The Morgan fingerprint density at radius 2 is 1.59 bits per heavy atom. The van der Waals surface area contributed by atoms with E-state index in [0.717, 1.165) is 4.90 Å². The van der Waals surface area contributed by atoms with Gasteiger partial charge in [0, 0.05) is 39.3 Å². The van der Waals surface area contributed by atoms with E-state index in [0.29, 0.717) is 29.8 Å². The predicted molar refractivity (Wildman–Crippen MR) is 119 cm³/mol. The number of anilines is 1. The summed E-state index contributed by atoms with van der Waals surface area (Å²) in [4.78, 5) is 65.0. The van der Waals surface area contributed by atoms with E-state index in [2.05, 4.69) is 5.32 Å². The Hall–Kier alpha value is -3.75. The second kappa shape index (κ2) is 9.59. The first-order chi connectivity index (χ1) is 15.3. The standard InChI is InChI=1S/C23H26N4O5/c1-4-26(5-2)20(29)15-13-18(23(32)25(3)14-15)24-19(28)11-8-12-27-21(30)16-9-6-7-10-17(16)22(27)31/h6-7,9-10,13-14H,4-5,8,11-12H2,1-3H3,(H,24,28). The highest BCUT2D eigenvalue weighted by Gasteiger charge is 2.34. The molecule has 2 aromatic rings. The smallest absolute Gasteiger partial charge is 0.274 e. The normalized spacial score (nSPS) is 12.7. The van der Waals surface area contributed by atoms with Gasteiger partial charge in [0.2, 0.25) is 5.91 Å². The summed E-state index contributed by atoms with van der Waals surface area (Å²) in [5.74, 6) is -1.41. The molecule has 32 heavy (non-hydrogen) atoms. The number of rotatable bonds is 8. The Labute approximate surface area is 185 Å². The van der Waals surface area contributed by atoms with Crippen molar-refractivity contribution < 1.29 is 19.2 Å². The Bertz CT molecular complexity index is 1100. The largest absolute Gasteiger partial charge is 0.339 e. The molecule has 2 heterocycles. The fourth-order valence-corrected chi connectivity index (χ4v) is 3.66. The molecule has 1 aromatic carbocycles. The highest BCUT2D eigenvalue weighted by Crippen LogP contribution is 2.22. The Kier molecular flexibility index (Phi) is 6.87. The number of carbonyl (C=O) groups is 4. The molecule has 9 nitrogen and oxygen atoms in total. The van der Waals surface area contributed by atoms with Gasteiger partial charge in [0.15, 0.2) is 0 Å². The zero-order valence-corrected chi connectivity index (χ0v) is 18.4. The molecule has 0 saturated heterocycles. The summed E-state index contributed by atoms with van der Waals surface area (Å²) in [6.07, 6.45) is 1.70. The second-order valence-corrected chi connectivity index (χ2v) is 7.50. The van der Waals surface area contributed by atoms with Gasteiger partial charge in [0.1, 0.15) is 5.69 Å². The van der Waals surface area contributed by atoms with Gasteiger partial charge in [-0.1, -0.05) is 12.1 Å². The van der Waals surface area contributed by atoms with Gasteiger partial charge >= 0.3 is 0 Å². The fraction of sp³-hybridized carbons (Fsp3) is 0.348. The van der Waals surface area contributed by atoms with Gasteiger partial charge in [-0.2, -0.15) is 0 Å². The SMILES string of the molecule is CCN(CC)C(=O)c1cc(NC(=O)CCCN2C(=O)c3ccccc3C2=O)c(=O)n(C)c1. The molecule has 0 spiro atoms. The van der Waals surface area contributed by atoms with Crippen molar-refractivity contribution in [1.29, 1.82) is 0 Å². The minimum Gasteiger partial charge on any atom is -0.339 e. The molecule has 0 saturated carbocycles. The number of nitrogens with one attached hydrogen (secondary N) is 1. The van der Waals surface area contributed by atoms with Crippen LogP contribution in [0, 0.1) is 0 Å². The third kappa shape index (κ3) is 4.46. The molecule has 0 aliphatic carbocycles. The number of imide groups is 1. The van der Waals surface area contributed by atoms with Crippen molar-refractivity contribution in [3.63, 3.8) is 0 Å². The lowest BCUT2D eigenvalue weighted by molar-refractivity contribution is -0.116. The summed E-state index contributed by atoms with van der Waals surface area (Å²) in [5, 5.41) is 2.55. The summed E-state index contributed by atoms with van der Waals surface area (Å²) in [5.41, 5.74) is 0.600. The molecule has 4 amide bonds. The number of carbonyl (C=O) groups excluding carboxylic acids is 4. The van der Waals surface area contributed by atoms with Crippen molar-refractivity contribution in [2.45, 2.75) is 26.7 Å². The van der Waals surface area contributed by atoms with Gasteiger partial charge in [0.25, 0.3) is 23.3 Å². The zero-order valence-electron chi connectivity index (χ0n) is 18.4. The van der Waals surface area contributed by atoms with Crippen LogP contribution in [0.4, 0.5) is 5.69 Å². The second-order valence-electron chi connectivity index (χ2n) is 7.50. The number of aryl methyl sites for hydroxylation is 1. The Morgan fingerprint density at radius 3 is 2.16 bits per heavy atom.